The van der Waals surface area contributed by atoms with E-state index in [9.17, 15) is 4.79 Å². The monoisotopic (exact) mass is 254 g/mol. The van der Waals surface area contributed by atoms with Gasteiger partial charge in [0.15, 0.2) is 0 Å². The first kappa shape index (κ1) is 13.8. The highest BCUT2D eigenvalue weighted by molar-refractivity contribution is 5.76. The van der Waals surface area contributed by atoms with E-state index in [4.69, 9.17) is 4.74 Å². The van der Waals surface area contributed by atoms with Crippen molar-refractivity contribution in [3.05, 3.63) is 0 Å². The fraction of sp³-hybridized carbons (Fsp3) is 0.929. The van der Waals surface area contributed by atoms with Gasteiger partial charge in [-0.25, -0.2) is 0 Å². The number of nitrogens with zero attached hydrogens (tertiary/aromatic N) is 2. The Kier molecular flexibility index (Phi) is 4.28. The van der Waals surface area contributed by atoms with Crippen molar-refractivity contribution in [1.82, 2.24) is 9.80 Å². The third-order valence-corrected chi connectivity index (χ3v) is 3.81. The summed E-state index contributed by atoms with van der Waals surface area (Å²) >= 11 is 0. The normalized spacial score (nSPS) is 24.1. The van der Waals surface area contributed by atoms with Gasteiger partial charge in [-0.3, -0.25) is 9.69 Å². The van der Waals surface area contributed by atoms with E-state index in [2.05, 4.69) is 25.7 Å². The van der Waals surface area contributed by atoms with E-state index in [1.165, 1.54) is 0 Å². The average molecular weight is 254 g/mol. The molecule has 0 aromatic rings. The van der Waals surface area contributed by atoms with E-state index in [-0.39, 0.29) is 0 Å². The molecule has 1 amide bonds. The first-order valence-corrected chi connectivity index (χ1v) is 7.06. The van der Waals surface area contributed by atoms with E-state index in [0.29, 0.717) is 23.7 Å². The predicted molar refractivity (Wildman–Crippen MR) is 71.4 cm³/mol. The van der Waals surface area contributed by atoms with Crippen molar-refractivity contribution in [2.24, 2.45) is 11.3 Å². The van der Waals surface area contributed by atoms with Gasteiger partial charge in [-0.05, 0) is 5.92 Å². The zero-order valence-electron chi connectivity index (χ0n) is 11.9. The van der Waals surface area contributed by atoms with Crippen LogP contribution in [0.4, 0.5) is 0 Å². The maximum absolute atomic E-state index is 12.0. The van der Waals surface area contributed by atoms with E-state index in [1.807, 2.05) is 4.90 Å². The first-order valence-electron chi connectivity index (χ1n) is 7.06. The van der Waals surface area contributed by atoms with Crippen molar-refractivity contribution in [3.63, 3.8) is 0 Å². The van der Waals surface area contributed by atoms with Crippen molar-refractivity contribution in [2.75, 3.05) is 45.9 Å². The van der Waals surface area contributed by atoms with E-state index < -0.39 is 0 Å². The minimum atomic E-state index is 0.322. The molecule has 104 valence electrons. The maximum atomic E-state index is 12.0. The molecule has 0 radical (unpaired) electrons. The van der Waals surface area contributed by atoms with Crippen LogP contribution in [0.15, 0.2) is 0 Å². The van der Waals surface area contributed by atoms with Crippen molar-refractivity contribution in [2.45, 2.75) is 27.2 Å². The van der Waals surface area contributed by atoms with E-state index in [0.717, 1.165) is 45.9 Å². The van der Waals surface area contributed by atoms with Gasteiger partial charge >= 0.3 is 0 Å². The van der Waals surface area contributed by atoms with Crippen molar-refractivity contribution in [3.8, 4) is 0 Å². The Hall–Kier alpha value is -0.610. The Balaban J connectivity index is 1.72. The molecule has 4 heteroatoms. The molecule has 0 spiro atoms. The number of hydrogen-bond donors (Lipinski definition) is 0. The summed E-state index contributed by atoms with van der Waals surface area (Å²) in [5, 5.41) is 0. The van der Waals surface area contributed by atoms with Gasteiger partial charge in [0.05, 0.1) is 13.2 Å². The molecular weight excluding hydrogens is 228 g/mol. The van der Waals surface area contributed by atoms with Gasteiger partial charge < -0.3 is 9.64 Å². The number of ether oxygens (including phenoxy) is 1. The second-order valence-corrected chi connectivity index (χ2v) is 6.56. The minimum Gasteiger partial charge on any atom is -0.380 e. The average Bonchev–Trinajstić information content (AvgIpc) is 2.27. The van der Waals surface area contributed by atoms with Crippen LogP contribution in [0.25, 0.3) is 0 Å². The number of hydrogen-bond acceptors (Lipinski definition) is 3. The van der Waals surface area contributed by atoms with Gasteiger partial charge in [0.25, 0.3) is 0 Å². The summed E-state index contributed by atoms with van der Waals surface area (Å²) in [5.41, 5.74) is 0.351. The lowest BCUT2D eigenvalue weighted by molar-refractivity contribution is -0.136. The number of amides is 1. The van der Waals surface area contributed by atoms with Crippen LogP contribution in [0.3, 0.4) is 0 Å². The van der Waals surface area contributed by atoms with Crippen LogP contribution in [0.1, 0.15) is 27.2 Å². The van der Waals surface area contributed by atoms with Crippen LogP contribution < -0.4 is 0 Å². The SMILES string of the molecule is CC(C)CC(=O)N1CCN(CC2(C)COC2)CC1. The molecule has 0 N–H and O–H groups in total. The summed E-state index contributed by atoms with van der Waals surface area (Å²) in [6.07, 6.45) is 0.686. The van der Waals surface area contributed by atoms with Gasteiger partial charge in [0, 0.05) is 44.6 Å². The largest absolute Gasteiger partial charge is 0.380 e. The molecule has 0 unspecified atom stereocenters. The summed E-state index contributed by atoms with van der Waals surface area (Å²) in [6, 6.07) is 0. The van der Waals surface area contributed by atoms with Crippen molar-refractivity contribution in [1.29, 1.82) is 0 Å². The van der Waals surface area contributed by atoms with E-state index >= 15 is 0 Å². The Bertz CT molecular complexity index is 292. The molecule has 0 aliphatic carbocycles. The highest BCUT2D eigenvalue weighted by Crippen LogP contribution is 2.27. The van der Waals surface area contributed by atoms with Crippen LogP contribution >= 0.6 is 0 Å². The van der Waals surface area contributed by atoms with Crippen LogP contribution in [-0.4, -0.2) is 61.6 Å². The molecule has 2 aliphatic heterocycles. The lowest BCUT2D eigenvalue weighted by Crippen LogP contribution is -2.55. The predicted octanol–water partition coefficient (Wildman–Crippen LogP) is 1.21. The summed E-state index contributed by atoms with van der Waals surface area (Å²) < 4.78 is 5.29. The third kappa shape index (κ3) is 3.45. The quantitative estimate of drug-likeness (QED) is 0.756. The van der Waals surface area contributed by atoms with Gasteiger partial charge in [-0.15, -0.1) is 0 Å². The molecule has 2 saturated heterocycles. The lowest BCUT2D eigenvalue weighted by Gasteiger charge is -2.44. The lowest BCUT2D eigenvalue weighted by atomic mass is 9.88. The second kappa shape index (κ2) is 5.57. The summed E-state index contributed by atoms with van der Waals surface area (Å²) in [5.74, 6) is 0.782. The van der Waals surface area contributed by atoms with Crippen LogP contribution in [-0.2, 0) is 9.53 Å². The topological polar surface area (TPSA) is 32.8 Å². The van der Waals surface area contributed by atoms with Crippen molar-refractivity contribution < 1.29 is 9.53 Å². The highest BCUT2D eigenvalue weighted by atomic mass is 16.5. The van der Waals surface area contributed by atoms with Gasteiger partial charge in [0.1, 0.15) is 0 Å². The van der Waals surface area contributed by atoms with Gasteiger partial charge in [0.2, 0.25) is 5.91 Å². The smallest absolute Gasteiger partial charge is 0.222 e. The minimum absolute atomic E-state index is 0.322. The Labute approximate surface area is 110 Å². The molecule has 2 aliphatic rings. The van der Waals surface area contributed by atoms with Crippen molar-refractivity contribution >= 4 is 5.91 Å². The molecule has 0 saturated carbocycles. The zero-order chi connectivity index (χ0) is 13.2. The molecule has 0 bridgehead atoms. The summed E-state index contributed by atoms with van der Waals surface area (Å²) in [4.78, 5) is 16.5. The molecule has 2 rings (SSSR count). The number of carbonyl (C=O) groups is 1. The molecule has 4 nitrogen and oxygen atoms in total. The van der Waals surface area contributed by atoms with E-state index in [1.54, 1.807) is 0 Å². The summed E-state index contributed by atoms with van der Waals surface area (Å²) in [6.45, 7) is 13.2. The summed E-state index contributed by atoms with van der Waals surface area (Å²) in [7, 11) is 0. The molecule has 0 aromatic heterocycles. The fourth-order valence-electron chi connectivity index (χ4n) is 2.72. The molecule has 0 aromatic carbocycles. The molecule has 18 heavy (non-hydrogen) atoms. The Morgan fingerprint density at radius 3 is 2.28 bits per heavy atom. The standard InChI is InChI=1S/C14H26N2O2/c1-12(2)8-13(17)16-6-4-15(5-7-16)9-14(3)10-18-11-14/h12H,4-11H2,1-3H3. The number of rotatable bonds is 4. The highest BCUT2D eigenvalue weighted by Gasteiger charge is 2.36. The van der Waals surface area contributed by atoms with Crippen LogP contribution in [0.2, 0.25) is 0 Å². The zero-order valence-corrected chi connectivity index (χ0v) is 11.9. The first-order chi connectivity index (χ1) is 8.48. The molecular formula is C14H26N2O2. The van der Waals surface area contributed by atoms with Gasteiger partial charge in [-0.1, -0.05) is 20.8 Å². The maximum Gasteiger partial charge on any atom is 0.222 e. The Morgan fingerprint density at radius 1 is 1.22 bits per heavy atom. The van der Waals surface area contributed by atoms with Crippen LogP contribution in [0.5, 0.6) is 0 Å². The van der Waals surface area contributed by atoms with Gasteiger partial charge in [-0.2, -0.15) is 0 Å². The number of piperazine rings is 1. The third-order valence-electron chi connectivity index (χ3n) is 3.81. The van der Waals surface area contributed by atoms with Crippen LogP contribution in [0, 0.1) is 11.3 Å². The molecule has 2 heterocycles. The fourth-order valence-corrected chi connectivity index (χ4v) is 2.72. The molecule has 2 fully saturated rings. The molecule has 0 atom stereocenters. The number of carbonyl (C=O) groups excluding carboxylic acids is 1. The second-order valence-electron chi connectivity index (χ2n) is 6.56. The Morgan fingerprint density at radius 2 is 1.83 bits per heavy atom.